The number of benzene rings is 1. The van der Waals surface area contributed by atoms with Crippen molar-refractivity contribution in [2.75, 3.05) is 17.0 Å². The molecule has 0 heterocycles. The van der Waals surface area contributed by atoms with Crippen LogP contribution in [0.3, 0.4) is 0 Å². The minimum Gasteiger partial charge on any atom is -0.330 e. The molecule has 0 fully saturated rings. The van der Waals surface area contributed by atoms with Gasteiger partial charge in [-0.1, -0.05) is 12.1 Å². The number of hydrogen-bond acceptors (Lipinski definition) is 3. The van der Waals surface area contributed by atoms with Gasteiger partial charge in [0.1, 0.15) is 0 Å². The summed E-state index contributed by atoms with van der Waals surface area (Å²) in [5.74, 6) is 0.0904. The van der Waals surface area contributed by atoms with Crippen LogP contribution in [0.25, 0.3) is 0 Å². The van der Waals surface area contributed by atoms with E-state index in [1.807, 2.05) is 12.1 Å². The zero-order valence-corrected chi connectivity index (χ0v) is 11.3. The molecule has 0 bridgehead atoms. The average Bonchev–Trinajstić information content (AvgIpc) is 2.37. The van der Waals surface area contributed by atoms with Crippen molar-refractivity contribution in [3.63, 3.8) is 0 Å². The maximum Gasteiger partial charge on any atom is 0.232 e. The van der Waals surface area contributed by atoms with Crippen molar-refractivity contribution >= 4 is 15.7 Å². The van der Waals surface area contributed by atoms with E-state index >= 15 is 0 Å². The van der Waals surface area contributed by atoms with E-state index in [1.54, 1.807) is 0 Å². The van der Waals surface area contributed by atoms with Gasteiger partial charge in [-0.2, -0.15) is 0 Å². The van der Waals surface area contributed by atoms with Gasteiger partial charge in [-0.15, -0.1) is 0 Å². The Balaban J connectivity index is 2.19. The van der Waals surface area contributed by atoms with Gasteiger partial charge < -0.3 is 5.73 Å². The molecule has 0 saturated carbocycles. The smallest absolute Gasteiger partial charge is 0.232 e. The number of rotatable bonds is 5. The lowest BCUT2D eigenvalue weighted by Crippen LogP contribution is -2.20. The van der Waals surface area contributed by atoms with Crippen LogP contribution in [0.4, 0.5) is 5.69 Å². The largest absolute Gasteiger partial charge is 0.330 e. The van der Waals surface area contributed by atoms with Crippen LogP contribution in [0.2, 0.25) is 0 Å². The van der Waals surface area contributed by atoms with Gasteiger partial charge in [-0.25, -0.2) is 8.42 Å². The second-order valence-electron chi connectivity index (χ2n) is 4.71. The van der Waals surface area contributed by atoms with Gasteiger partial charge in [0.15, 0.2) is 0 Å². The molecule has 2 rings (SSSR count). The van der Waals surface area contributed by atoms with Crippen LogP contribution < -0.4 is 10.5 Å². The highest BCUT2D eigenvalue weighted by Gasteiger charge is 2.16. The second kappa shape index (κ2) is 5.71. The standard InChI is InChI=1S/C13H20N2O2S/c14-9-4-10-18(16,17)15-13-8-3-6-11-5-1-2-7-12(11)13/h3,6,8,15H,1-2,4-5,7,9-10,14H2. The molecule has 0 radical (unpaired) electrons. The summed E-state index contributed by atoms with van der Waals surface area (Å²) in [4.78, 5) is 0. The van der Waals surface area contributed by atoms with Gasteiger partial charge in [0.2, 0.25) is 10.0 Å². The van der Waals surface area contributed by atoms with Crippen molar-refractivity contribution < 1.29 is 8.42 Å². The van der Waals surface area contributed by atoms with Crippen LogP contribution in [0.15, 0.2) is 18.2 Å². The van der Waals surface area contributed by atoms with Crippen molar-refractivity contribution in [2.24, 2.45) is 5.73 Å². The maximum absolute atomic E-state index is 11.9. The molecule has 18 heavy (non-hydrogen) atoms. The van der Waals surface area contributed by atoms with E-state index in [0.29, 0.717) is 13.0 Å². The Morgan fingerprint density at radius 2 is 2.00 bits per heavy atom. The van der Waals surface area contributed by atoms with Gasteiger partial charge in [0.25, 0.3) is 0 Å². The number of aryl methyl sites for hydroxylation is 1. The number of nitrogens with one attached hydrogen (secondary N) is 1. The highest BCUT2D eigenvalue weighted by molar-refractivity contribution is 7.92. The third kappa shape index (κ3) is 3.23. The van der Waals surface area contributed by atoms with Gasteiger partial charge >= 0.3 is 0 Å². The fourth-order valence-corrected chi connectivity index (χ4v) is 3.54. The van der Waals surface area contributed by atoms with Crippen molar-refractivity contribution in [2.45, 2.75) is 32.1 Å². The predicted octanol–water partition coefficient (Wildman–Crippen LogP) is 1.66. The summed E-state index contributed by atoms with van der Waals surface area (Å²) < 4.78 is 26.5. The fraction of sp³-hybridized carbons (Fsp3) is 0.538. The van der Waals surface area contributed by atoms with Crippen molar-refractivity contribution in [1.29, 1.82) is 0 Å². The summed E-state index contributed by atoms with van der Waals surface area (Å²) >= 11 is 0. The molecule has 0 aliphatic heterocycles. The molecule has 0 spiro atoms. The van der Waals surface area contributed by atoms with Crippen LogP contribution in [0, 0.1) is 0 Å². The molecule has 1 aliphatic carbocycles. The van der Waals surface area contributed by atoms with Crippen LogP contribution >= 0.6 is 0 Å². The van der Waals surface area contributed by atoms with Gasteiger partial charge in [0, 0.05) is 0 Å². The van der Waals surface area contributed by atoms with Gasteiger partial charge in [-0.3, -0.25) is 4.72 Å². The van der Waals surface area contributed by atoms with E-state index in [4.69, 9.17) is 5.73 Å². The molecule has 0 amide bonds. The quantitative estimate of drug-likeness (QED) is 0.853. The van der Waals surface area contributed by atoms with E-state index in [-0.39, 0.29) is 5.75 Å². The zero-order valence-electron chi connectivity index (χ0n) is 10.5. The molecule has 5 heteroatoms. The number of sulfonamides is 1. The Morgan fingerprint density at radius 3 is 2.78 bits per heavy atom. The van der Waals surface area contributed by atoms with Crippen molar-refractivity contribution in [3.05, 3.63) is 29.3 Å². The summed E-state index contributed by atoms with van der Waals surface area (Å²) in [5.41, 5.74) is 8.55. The molecule has 0 atom stereocenters. The summed E-state index contributed by atoms with van der Waals surface area (Å²) in [6.07, 6.45) is 4.83. The van der Waals surface area contributed by atoms with Crippen molar-refractivity contribution in [1.82, 2.24) is 0 Å². The molecule has 4 nitrogen and oxygen atoms in total. The molecular formula is C13H20N2O2S. The van der Waals surface area contributed by atoms with Gasteiger partial charge in [-0.05, 0) is 55.8 Å². The molecule has 1 aliphatic rings. The molecule has 1 aromatic carbocycles. The lowest BCUT2D eigenvalue weighted by Gasteiger charge is -2.20. The normalized spacial score (nSPS) is 15.2. The molecule has 1 aromatic rings. The Bertz CT molecular complexity index is 512. The van der Waals surface area contributed by atoms with Crippen LogP contribution in [-0.4, -0.2) is 20.7 Å². The number of nitrogens with two attached hydrogens (primary N) is 1. The summed E-state index contributed by atoms with van der Waals surface area (Å²) in [7, 11) is -3.26. The number of fused-ring (bicyclic) bond motifs is 1. The van der Waals surface area contributed by atoms with Crippen LogP contribution in [0.1, 0.15) is 30.4 Å². The summed E-state index contributed by atoms with van der Waals surface area (Å²) in [6, 6.07) is 5.86. The average molecular weight is 268 g/mol. The Kier molecular flexibility index (Phi) is 4.24. The van der Waals surface area contributed by atoms with Crippen LogP contribution in [0.5, 0.6) is 0 Å². The Hall–Kier alpha value is -1.07. The first-order valence-electron chi connectivity index (χ1n) is 6.44. The molecule has 3 N–H and O–H groups in total. The highest BCUT2D eigenvalue weighted by atomic mass is 32.2. The van der Waals surface area contributed by atoms with Gasteiger partial charge in [0.05, 0.1) is 11.4 Å². The topological polar surface area (TPSA) is 72.2 Å². The zero-order chi connectivity index (χ0) is 13.0. The third-order valence-corrected chi connectivity index (χ3v) is 4.64. The summed E-state index contributed by atoms with van der Waals surface area (Å²) in [5, 5.41) is 0. The minimum absolute atomic E-state index is 0.0904. The first kappa shape index (κ1) is 13.4. The van der Waals surface area contributed by atoms with E-state index in [9.17, 15) is 8.42 Å². The molecule has 0 saturated heterocycles. The maximum atomic E-state index is 11.9. The first-order chi connectivity index (χ1) is 8.62. The SMILES string of the molecule is NCCCS(=O)(=O)Nc1cccc2c1CCCC2. The lowest BCUT2D eigenvalue weighted by atomic mass is 9.91. The molecular weight excluding hydrogens is 248 g/mol. The Morgan fingerprint density at radius 1 is 1.22 bits per heavy atom. The Labute approximate surface area is 109 Å². The minimum atomic E-state index is -3.26. The van der Waals surface area contributed by atoms with E-state index in [2.05, 4.69) is 10.8 Å². The first-order valence-corrected chi connectivity index (χ1v) is 8.09. The second-order valence-corrected chi connectivity index (χ2v) is 6.56. The van der Waals surface area contributed by atoms with Crippen molar-refractivity contribution in [3.8, 4) is 0 Å². The van der Waals surface area contributed by atoms with E-state index in [0.717, 1.165) is 24.9 Å². The highest BCUT2D eigenvalue weighted by Crippen LogP contribution is 2.28. The molecule has 0 aromatic heterocycles. The predicted molar refractivity (Wildman–Crippen MR) is 74.2 cm³/mol. The fourth-order valence-electron chi connectivity index (χ4n) is 2.37. The monoisotopic (exact) mass is 268 g/mol. The summed E-state index contributed by atoms with van der Waals surface area (Å²) in [6.45, 7) is 0.397. The van der Waals surface area contributed by atoms with Crippen LogP contribution in [-0.2, 0) is 22.9 Å². The third-order valence-electron chi connectivity index (χ3n) is 3.28. The molecule has 100 valence electrons. The number of hydrogen-bond donors (Lipinski definition) is 2. The lowest BCUT2D eigenvalue weighted by molar-refractivity contribution is 0.598. The van der Waals surface area contributed by atoms with E-state index < -0.39 is 10.0 Å². The molecule has 0 unspecified atom stereocenters. The number of anilines is 1. The van der Waals surface area contributed by atoms with E-state index in [1.165, 1.54) is 17.5 Å².